The summed E-state index contributed by atoms with van der Waals surface area (Å²) in [5, 5.41) is 26.8. The molecule has 0 bridgehead atoms. The number of anilines is 1. The number of carbonyl (C=O) groups is 6. The molecule has 4 aliphatic heterocycles. The van der Waals surface area contributed by atoms with Gasteiger partial charge in [0.2, 0.25) is 12.2 Å². The van der Waals surface area contributed by atoms with Gasteiger partial charge >= 0.3 is 63.5 Å². The van der Waals surface area contributed by atoms with E-state index in [0.29, 0.717) is 11.3 Å². The van der Waals surface area contributed by atoms with Crippen molar-refractivity contribution in [3.8, 4) is 0 Å². The number of thiazole rings is 1. The van der Waals surface area contributed by atoms with Crippen LogP contribution in [0.15, 0.2) is 33.6 Å². The van der Waals surface area contributed by atoms with Gasteiger partial charge in [0.15, 0.2) is 17.1 Å². The Morgan fingerprint density at radius 1 is 1.21 bits per heavy atom. The van der Waals surface area contributed by atoms with Crippen molar-refractivity contribution in [2.24, 2.45) is 5.16 Å². The number of oxime groups is 1. The molecule has 23 heteroatoms. The molecule has 3 amide bonds. The maximum Gasteiger partial charge on any atom is 1.00 e. The molecule has 1 aromatic rings. The van der Waals surface area contributed by atoms with E-state index in [-0.39, 0.29) is 105 Å². The molecule has 5 heterocycles. The van der Waals surface area contributed by atoms with Gasteiger partial charge in [-0.25, -0.2) is 14.6 Å². The first-order chi connectivity index (χ1) is 24.2. The summed E-state index contributed by atoms with van der Waals surface area (Å²) in [6.07, 6.45) is -1.79. The summed E-state index contributed by atoms with van der Waals surface area (Å²) < 4.78 is 25.4. The van der Waals surface area contributed by atoms with Crippen LogP contribution in [0.5, 0.6) is 0 Å². The van der Waals surface area contributed by atoms with Gasteiger partial charge < -0.3 is 54.6 Å². The van der Waals surface area contributed by atoms with Crippen molar-refractivity contribution in [2.45, 2.75) is 63.3 Å². The topological polar surface area (TPSA) is 271 Å². The van der Waals surface area contributed by atoms with Gasteiger partial charge in [0.25, 0.3) is 11.8 Å². The van der Waals surface area contributed by atoms with E-state index in [1.54, 1.807) is 13.8 Å². The maximum absolute atomic E-state index is 13.1. The summed E-state index contributed by atoms with van der Waals surface area (Å²) >= 11 is 2.45. The number of β-lactam (4-membered cyclic amide) rings is 2. The molecule has 1 unspecified atom stereocenters. The number of thioether (sulfide) groups is 1. The number of fused-ring (bicyclic) bond motifs is 2. The molecule has 0 spiro atoms. The Morgan fingerprint density at radius 3 is 2.48 bits per heavy atom. The minimum Gasteiger partial charge on any atom is -0.547 e. The zero-order valence-electron chi connectivity index (χ0n) is 28.9. The van der Waals surface area contributed by atoms with Crippen molar-refractivity contribution in [3.05, 3.63) is 34.2 Å². The number of carboxylic acids is 1. The van der Waals surface area contributed by atoms with E-state index in [1.165, 1.54) is 49.3 Å². The number of aliphatic hydroxyl groups excluding tert-OH is 1. The Labute approximate surface area is 347 Å². The molecule has 5 atom stereocenters. The predicted octanol–water partition coefficient (Wildman–Crippen LogP) is -4.60. The Bertz CT molecular complexity index is 1650. The zero-order chi connectivity index (χ0) is 37.6. The number of amides is 3. The third kappa shape index (κ3) is 9.81. The van der Waals surface area contributed by atoms with Gasteiger partial charge in [-0.15, -0.1) is 23.1 Å². The smallest absolute Gasteiger partial charge is 0.547 e. The van der Waals surface area contributed by atoms with Crippen molar-refractivity contribution in [1.82, 2.24) is 20.1 Å². The van der Waals surface area contributed by atoms with Gasteiger partial charge in [0.1, 0.15) is 41.7 Å². The molecule has 278 valence electrons. The van der Waals surface area contributed by atoms with Crippen LogP contribution in [0.25, 0.3) is 0 Å². The molecule has 1 aromatic heterocycles. The Hall–Kier alpha value is -3.29. The predicted molar refractivity (Wildman–Crippen MR) is 173 cm³/mol. The van der Waals surface area contributed by atoms with Crippen molar-refractivity contribution < 1.29 is 119 Å². The largest absolute Gasteiger partial charge is 1.00 e. The average molecular weight is 795 g/mol. The average Bonchev–Trinajstić information content (AvgIpc) is 3.61. The van der Waals surface area contributed by atoms with E-state index in [4.69, 9.17) is 39.4 Å². The monoisotopic (exact) mass is 794 g/mol. The number of aromatic nitrogens is 1. The second kappa shape index (κ2) is 19.2. The first-order valence-corrected chi connectivity index (χ1v) is 17.0. The summed E-state index contributed by atoms with van der Waals surface area (Å²) in [7, 11) is 2.71. The van der Waals surface area contributed by atoms with Crippen molar-refractivity contribution in [3.63, 3.8) is 0 Å². The van der Waals surface area contributed by atoms with E-state index in [1.807, 2.05) is 0 Å². The van der Waals surface area contributed by atoms with Crippen LogP contribution >= 0.6 is 23.1 Å². The Balaban J connectivity index is 0.000000404. The van der Waals surface area contributed by atoms with Crippen LogP contribution < -0.4 is 67.5 Å². The van der Waals surface area contributed by atoms with Gasteiger partial charge in [-0.05, 0) is 25.5 Å². The number of methoxy groups -OCH3 is 1. The number of hydrogen-bond acceptors (Lipinski definition) is 19. The van der Waals surface area contributed by atoms with E-state index in [2.05, 4.69) is 15.5 Å². The first kappa shape index (κ1) is 43.1. The minimum absolute atomic E-state index is 0. The fraction of sp³-hybridized carbons (Fsp3) is 0.517. The fourth-order valence-corrected chi connectivity index (χ4v) is 6.97. The molecule has 3 saturated heterocycles. The molecule has 52 heavy (non-hydrogen) atoms. The van der Waals surface area contributed by atoms with Crippen molar-refractivity contribution >= 4 is 69.8 Å². The second-order valence-electron chi connectivity index (χ2n) is 11.0. The SMILES string of the molecule is COCC1=C(C(=O)OC(C)OC(=O)OC(C)C)N2C(=O)[C@@H](NC(=O)/C(=N\OC)c3csc(N)n3)[C@H]2SC1.O=C([O-])[C@H]1/C(=C/CO)O[C@@H]2CC(=O)N21.[K+]. The number of carbonyl (C=O) groups excluding carboxylic acids is 6. The molecule has 0 aromatic carbocycles. The van der Waals surface area contributed by atoms with Crippen LogP contribution in [0, 0.1) is 0 Å². The summed E-state index contributed by atoms with van der Waals surface area (Å²) in [6.45, 7) is 4.36. The summed E-state index contributed by atoms with van der Waals surface area (Å²) in [4.78, 5) is 83.6. The number of nitrogen functional groups attached to an aromatic ring is 1. The van der Waals surface area contributed by atoms with Gasteiger partial charge in [-0.2, -0.15) is 0 Å². The van der Waals surface area contributed by atoms with Crippen LogP contribution in [-0.4, -0.2) is 131 Å². The van der Waals surface area contributed by atoms with Crippen LogP contribution in [0.4, 0.5) is 9.93 Å². The summed E-state index contributed by atoms with van der Waals surface area (Å²) in [5.41, 5.74) is 6.15. The molecular formula is C29H35KN6O14S2. The van der Waals surface area contributed by atoms with Crippen molar-refractivity contribution in [2.75, 3.05) is 38.9 Å². The molecule has 0 saturated carbocycles. The van der Waals surface area contributed by atoms with Crippen LogP contribution in [0.3, 0.4) is 0 Å². The Kier molecular flexibility index (Phi) is 15.9. The molecule has 3 fully saturated rings. The minimum atomic E-state index is -1.39. The maximum atomic E-state index is 13.1. The number of esters is 1. The van der Waals surface area contributed by atoms with Gasteiger partial charge in [0, 0.05) is 25.2 Å². The van der Waals surface area contributed by atoms with E-state index >= 15 is 0 Å². The quantitative estimate of drug-likeness (QED) is 0.0449. The molecule has 0 aliphatic carbocycles. The van der Waals surface area contributed by atoms with Gasteiger partial charge in [0.05, 0.1) is 31.7 Å². The molecule has 20 nitrogen and oxygen atoms in total. The Morgan fingerprint density at radius 2 is 1.92 bits per heavy atom. The van der Waals surface area contributed by atoms with E-state index in [0.717, 1.165) is 16.2 Å². The number of aliphatic hydroxyl groups is 1. The molecule has 0 radical (unpaired) electrons. The summed E-state index contributed by atoms with van der Waals surface area (Å²) in [5.74, 6) is -3.39. The standard InChI is InChI=1S/C21H27N5O9S2.C8H9NO5.K/c1-9(2)33-21(30)35-10(3)34-19(29)15-11(6-31-4)7-36-18-14(17(28)26(15)18)24-16(27)13(25-32-5)12-8-37-20(22)23-12;10-2-1-4-7(8(12)13)9-5(11)3-6(9)14-4;/h8-10,14,18H,6-7H2,1-5H3,(H2,22,23)(H,24,27);1,6-7,10H,2-3H2,(H,12,13);/q;;+1/p-1/b25-13-;4-1-;/t10?,14-,18-;6-,7-;/m11./s1. The van der Waals surface area contributed by atoms with Crippen molar-refractivity contribution in [1.29, 1.82) is 0 Å². The van der Waals surface area contributed by atoms with Gasteiger partial charge in [-0.1, -0.05) is 5.16 Å². The molecule has 5 rings (SSSR count). The normalized spacial score (nSPS) is 23.1. The molecule has 4 N–H and O–H groups in total. The number of ether oxygens (including phenoxy) is 5. The van der Waals surface area contributed by atoms with Gasteiger partial charge in [-0.3, -0.25) is 24.2 Å². The van der Waals surface area contributed by atoms with Crippen LogP contribution in [0.2, 0.25) is 0 Å². The van der Waals surface area contributed by atoms with Crippen LogP contribution in [0.1, 0.15) is 32.9 Å². The second-order valence-corrected chi connectivity index (χ2v) is 13.0. The number of nitrogens with one attached hydrogen (secondary N) is 1. The third-order valence-electron chi connectivity index (χ3n) is 7.16. The fourth-order valence-electron chi connectivity index (χ4n) is 5.09. The first-order valence-electron chi connectivity index (χ1n) is 15.1. The number of carboxylic acid groups (broad SMARTS) is 1. The zero-order valence-corrected chi connectivity index (χ0v) is 33.6. The number of rotatable bonds is 12. The molecular weight excluding hydrogens is 760 g/mol. The number of aliphatic carboxylic acids is 1. The molecule has 4 aliphatic rings. The van der Waals surface area contributed by atoms with E-state index in [9.17, 15) is 33.9 Å². The van der Waals surface area contributed by atoms with Crippen LogP contribution in [-0.2, 0) is 52.5 Å². The van der Waals surface area contributed by atoms with E-state index < -0.39 is 66.0 Å². The summed E-state index contributed by atoms with van der Waals surface area (Å²) in [6, 6.07) is -2.13. The number of nitrogens with two attached hydrogens (primary N) is 1. The third-order valence-corrected chi connectivity index (χ3v) is 9.17. The number of hydrogen-bond donors (Lipinski definition) is 3. The number of nitrogens with zero attached hydrogens (tertiary/aromatic N) is 4.